The van der Waals surface area contributed by atoms with Gasteiger partial charge in [-0.2, -0.15) is 0 Å². The summed E-state index contributed by atoms with van der Waals surface area (Å²) in [6.07, 6.45) is 1.63. The van der Waals surface area contributed by atoms with Crippen LogP contribution in [0.3, 0.4) is 0 Å². The van der Waals surface area contributed by atoms with E-state index in [2.05, 4.69) is 15.9 Å². The first-order chi connectivity index (χ1) is 6.22. The molecule has 0 N–H and O–H groups in total. The van der Waals surface area contributed by atoms with Gasteiger partial charge in [-0.15, -0.1) is 0 Å². The molecule has 4 heteroatoms. The number of fused-ring (bicyclic) bond motifs is 1. The molecule has 0 aliphatic rings. The van der Waals surface area contributed by atoms with Crippen LogP contribution in [0.15, 0.2) is 27.3 Å². The molecule has 0 aliphatic carbocycles. The first-order valence-corrected chi connectivity index (χ1v) is 4.79. The lowest BCUT2D eigenvalue weighted by Gasteiger charge is -2.01. The fraction of sp³-hybridized carbons (Fsp3) is 0.111. The van der Waals surface area contributed by atoms with E-state index in [0.717, 1.165) is 15.4 Å². The molecule has 0 fully saturated rings. The third kappa shape index (κ3) is 1.42. The lowest BCUT2D eigenvalue weighted by molar-refractivity contribution is 0.415. The summed E-state index contributed by atoms with van der Waals surface area (Å²) in [5.41, 5.74) is 0.748. The van der Waals surface area contributed by atoms with Crippen LogP contribution in [0.25, 0.3) is 11.0 Å². The fourth-order valence-corrected chi connectivity index (χ4v) is 1.79. The Kier molecular flexibility index (Phi) is 2.22. The average molecular weight is 262 g/mol. The lowest BCUT2D eigenvalue weighted by atomic mass is 10.2. The number of hydrogen-bond donors (Lipinski definition) is 0. The van der Waals surface area contributed by atoms with Gasteiger partial charge in [-0.25, -0.2) is 0 Å². The summed E-state index contributed by atoms with van der Waals surface area (Å²) >= 11 is 9.27. The molecule has 0 radical (unpaired) electrons. The molecule has 0 spiro atoms. The van der Waals surface area contributed by atoms with Crippen LogP contribution in [-0.4, -0.2) is 7.11 Å². The maximum Gasteiger partial charge on any atom is 0.138 e. The summed E-state index contributed by atoms with van der Waals surface area (Å²) < 4.78 is 11.2. The van der Waals surface area contributed by atoms with E-state index in [-0.39, 0.29) is 0 Å². The van der Waals surface area contributed by atoms with Crippen LogP contribution >= 0.6 is 27.5 Å². The molecular weight excluding hydrogens is 255 g/mol. The summed E-state index contributed by atoms with van der Waals surface area (Å²) in [5.74, 6) is 0.649. The molecule has 0 unspecified atom stereocenters. The minimum Gasteiger partial charge on any atom is -0.495 e. The number of halogens is 2. The smallest absolute Gasteiger partial charge is 0.138 e. The second kappa shape index (κ2) is 3.24. The van der Waals surface area contributed by atoms with Crippen LogP contribution in [0.1, 0.15) is 0 Å². The van der Waals surface area contributed by atoms with E-state index in [0.29, 0.717) is 10.8 Å². The second-order valence-corrected chi connectivity index (χ2v) is 3.83. The molecule has 0 saturated heterocycles. The predicted octanol–water partition coefficient (Wildman–Crippen LogP) is 3.86. The summed E-state index contributed by atoms with van der Waals surface area (Å²) in [6, 6.07) is 3.58. The molecular formula is C9H6BrClO2. The topological polar surface area (TPSA) is 22.4 Å². The van der Waals surface area contributed by atoms with Gasteiger partial charge in [-0.05, 0) is 22.0 Å². The summed E-state index contributed by atoms with van der Waals surface area (Å²) in [6.45, 7) is 0. The van der Waals surface area contributed by atoms with Gasteiger partial charge >= 0.3 is 0 Å². The van der Waals surface area contributed by atoms with Gasteiger partial charge in [-0.3, -0.25) is 0 Å². The predicted molar refractivity (Wildman–Crippen MR) is 55.5 cm³/mol. The zero-order valence-electron chi connectivity index (χ0n) is 6.80. The Morgan fingerprint density at radius 1 is 1.46 bits per heavy atom. The van der Waals surface area contributed by atoms with Gasteiger partial charge in [0.25, 0.3) is 0 Å². The summed E-state index contributed by atoms with van der Waals surface area (Å²) in [4.78, 5) is 0. The van der Waals surface area contributed by atoms with Crippen molar-refractivity contribution in [3.8, 4) is 5.75 Å². The van der Waals surface area contributed by atoms with Crippen molar-refractivity contribution < 1.29 is 9.15 Å². The van der Waals surface area contributed by atoms with Crippen LogP contribution in [0.2, 0.25) is 5.02 Å². The molecule has 1 aromatic carbocycles. The van der Waals surface area contributed by atoms with Crippen molar-refractivity contribution in [2.75, 3.05) is 7.11 Å². The number of rotatable bonds is 1. The van der Waals surface area contributed by atoms with E-state index in [1.54, 1.807) is 19.4 Å². The molecule has 2 nitrogen and oxygen atoms in total. The average Bonchev–Trinajstić information content (AvgIpc) is 2.46. The van der Waals surface area contributed by atoms with E-state index in [9.17, 15) is 0 Å². The molecule has 0 amide bonds. The van der Waals surface area contributed by atoms with Crippen LogP contribution in [0.4, 0.5) is 0 Å². The van der Waals surface area contributed by atoms with E-state index in [4.69, 9.17) is 20.8 Å². The minimum absolute atomic E-state index is 0.553. The molecule has 0 aliphatic heterocycles. The van der Waals surface area contributed by atoms with Gasteiger partial charge in [0.15, 0.2) is 0 Å². The Hall–Kier alpha value is -0.670. The highest BCUT2D eigenvalue weighted by molar-refractivity contribution is 9.10. The SMILES string of the molecule is COc1cc2c(Br)coc2cc1Cl. The first kappa shape index (κ1) is 8.91. The molecule has 1 aromatic heterocycles. The zero-order valence-corrected chi connectivity index (χ0v) is 9.15. The van der Waals surface area contributed by atoms with Crippen LogP contribution in [0.5, 0.6) is 5.75 Å². The minimum atomic E-state index is 0.553. The largest absolute Gasteiger partial charge is 0.495 e. The van der Waals surface area contributed by atoms with Gasteiger partial charge in [-0.1, -0.05) is 11.6 Å². The van der Waals surface area contributed by atoms with E-state index in [1.807, 2.05) is 6.07 Å². The van der Waals surface area contributed by atoms with Gasteiger partial charge in [0.1, 0.15) is 17.6 Å². The molecule has 1 heterocycles. The number of methoxy groups -OCH3 is 1. The van der Waals surface area contributed by atoms with Crippen molar-refractivity contribution in [2.45, 2.75) is 0 Å². The third-order valence-corrected chi connectivity index (χ3v) is 2.71. The summed E-state index contributed by atoms with van der Waals surface area (Å²) in [5, 5.41) is 1.51. The van der Waals surface area contributed by atoms with Crippen LogP contribution < -0.4 is 4.74 Å². The highest BCUT2D eigenvalue weighted by atomic mass is 79.9. The van der Waals surface area contributed by atoms with Gasteiger partial charge in [0.05, 0.1) is 16.6 Å². The summed E-state index contributed by atoms with van der Waals surface area (Å²) in [7, 11) is 1.58. The highest BCUT2D eigenvalue weighted by Gasteiger charge is 2.08. The van der Waals surface area contributed by atoms with Crippen molar-refractivity contribution in [3.05, 3.63) is 27.9 Å². The van der Waals surface area contributed by atoms with E-state index < -0.39 is 0 Å². The van der Waals surface area contributed by atoms with Crippen LogP contribution in [-0.2, 0) is 0 Å². The zero-order chi connectivity index (χ0) is 9.42. The van der Waals surface area contributed by atoms with Crippen molar-refractivity contribution in [1.82, 2.24) is 0 Å². The monoisotopic (exact) mass is 260 g/mol. The maximum absolute atomic E-state index is 5.91. The van der Waals surface area contributed by atoms with E-state index in [1.165, 1.54) is 0 Å². The Morgan fingerprint density at radius 3 is 2.92 bits per heavy atom. The van der Waals surface area contributed by atoms with Gasteiger partial charge in [0, 0.05) is 11.5 Å². The molecule has 2 rings (SSSR count). The number of ether oxygens (including phenoxy) is 1. The molecule has 0 saturated carbocycles. The lowest BCUT2D eigenvalue weighted by Crippen LogP contribution is -1.82. The normalized spacial score (nSPS) is 10.7. The Balaban J connectivity index is 2.77. The van der Waals surface area contributed by atoms with Crippen molar-refractivity contribution >= 4 is 38.5 Å². The molecule has 0 bridgehead atoms. The first-order valence-electron chi connectivity index (χ1n) is 3.62. The Labute approximate surface area is 88.6 Å². The fourth-order valence-electron chi connectivity index (χ4n) is 1.15. The third-order valence-electron chi connectivity index (χ3n) is 1.80. The second-order valence-electron chi connectivity index (χ2n) is 2.57. The van der Waals surface area contributed by atoms with Gasteiger partial charge < -0.3 is 9.15 Å². The standard InChI is InChI=1S/C9H6BrClO2/c1-12-9-2-5-6(10)4-13-8(5)3-7(9)11/h2-4H,1H3. The van der Waals surface area contributed by atoms with E-state index >= 15 is 0 Å². The Morgan fingerprint density at radius 2 is 2.23 bits per heavy atom. The molecule has 2 aromatic rings. The van der Waals surface area contributed by atoms with Crippen molar-refractivity contribution in [1.29, 1.82) is 0 Å². The maximum atomic E-state index is 5.91. The highest BCUT2D eigenvalue weighted by Crippen LogP contribution is 2.34. The van der Waals surface area contributed by atoms with Crippen LogP contribution in [0, 0.1) is 0 Å². The number of furan rings is 1. The molecule has 13 heavy (non-hydrogen) atoms. The van der Waals surface area contributed by atoms with Crippen molar-refractivity contribution in [3.63, 3.8) is 0 Å². The van der Waals surface area contributed by atoms with Crippen molar-refractivity contribution in [2.24, 2.45) is 0 Å². The quantitative estimate of drug-likeness (QED) is 0.778. The molecule has 68 valence electrons. The number of benzene rings is 1. The molecule has 0 atom stereocenters. The number of hydrogen-bond acceptors (Lipinski definition) is 2. The van der Waals surface area contributed by atoms with Gasteiger partial charge in [0.2, 0.25) is 0 Å². The Bertz CT molecular complexity index is 450.